The molecule has 9 heteroatoms. The molecule has 1 atom stereocenters. The Morgan fingerprint density at radius 2 is 1.61 bits per heavy atom. The summed E-state index contributed by atoms with van der Waals surface area (Å²) < 4.78 is 29.2. The van der Waals surface area contributed by atoms with Crippen LogP contribution in [0.3, 0.4) is 0 Å². The number of unbranched alkanes of at least 4 members (excludes halogenated alkanes) is 1. The van der Waals surface area contributed by atoms with Crippen molar-refractivity contribution in [2.75, 3.05) is 17.4 Å². The normalized spacial score (nSPS) is 12.0. The zero-order valence-electron chi connectivity index (χ0n) is 24.5. The molecule has 0 spiro atoms. The van der Waals surface area contributed by atoms with Crippen LogP contribution in [0, 0.1) is 20.8 Å². The van der Waals surface area contributed by atoms with Crippen LogP contribution >= 0.6 is 11.6 Å². The third-order valence-corrected chi connectivity index (χ3v) is 9.34. The molecular weight excluding hydrogens is 558 g/mol. The van der Waals surface area contributed by atoms with Crippen molar-refractivity contribution < 1.29 is 18.0 Å². The van der Waals surface area contributed by atoms with E-state index in [9.17, 15) is 18.0 Å². The molecule has 220 valence electrons. The van der Waals surface area contributed by atoms with Crippen molar-refractivity contribution in [3.8, 4) is 0 Å². The standard InChI is InChI=1S/C32H40ClN3O4S/c1-6-8-19-34-32(38)30(7-2)35(21-26-11-9-10-12-29(26)33)31(37)22-36(27-16-15-24(4)25(5)20-27)41(39,40)28-17-13-23(3)14-18-28/h9-18,20,30H,6-8,19,21-22H2,1-5H3,(H,34,38). The fourth-order valence-corrected chi connectivity index (χ4v) is 6.08. The van der Waals surface area contributed by atoms with Gasteiger partial charge < -0.3 is 10.2 Å². The minimum atomic E-state index is -4.12. The lowest BCUT2D eigenvalue weighted by molar-refractivity contribution is -0.140. The second-order valence-corrected chi connectivity index (χ2v) is 12.5. The number of anilines is 1. The Morgan fingerprint density at radius 3 is 2.22 bits per heavy atom. The molecule has 1 N–H and O–H groups in total. The van der Waals surface area contributed by atoms with Gasteiger partial charge in [0, 0.05) is 18.1 Å². The highest BCUT2D eigenvalue weighted by molar-refractivity contribution is 7.92. The highest BCUT2D eigenvalue weighted by Crippen LogP contribution is 2.27. The van der Waals surface area contributed by atoms with Crippen molar-refractivity contribution in [2.24, 2.45) is 0 Å². The molecule has 0 aliphatic carbocycles. The summed E-state index contributed by atoms with van der Waals surface area (Å²) in [5.41, 5.74) is 3.86. The van der Waals surface area contributed by atoms with Crippen LogP contribution in [0.15, 0.2) is 71.6 Å². The number of nitrogens with one attached hydrogen (secondary N) is 1. The average Bonchev–Trinajstić information content (AvgIpc) is 2.94. The minimum absolute atomic E-state index is 0.0591. The van der Waals surface area contributed by atoms with Gasteiger partial charge in [0.25, 0.3) is 10.0 Å². The zero-order chi connectivity index (χ0) is 30.2. The first kappa shape index (κ1) is 32.2. The van der Waals surface area contributed by atoms with E-state index in [1.807, 2.05) is 46.8 Å². The molecule has 0 aliphatic heterocycles. The van der Waals surface area contributed by atoms with E-state index in [1.165, 1.54) is 4.90 Å². The number of carbonyl (C=O) groups is 2. The first-order valence-corrected chi connectivity index (χ1v) is 15.8. The molecule has 3 aromatic carbocycles. The summed E-state index contributed by atoms with van der Waals surface area (Å²) in [6.07, 6.45) is 2.08. The van der Waals surface area contributed by atoms with Gasteiger partial charge in [0.05, 0.1) is 10.6 Å². The molecule has 3 aromatic rings. The van der Waals surface area contributed by atoms with Crippen LogP contribution in [0.2, 0.25) is 5.02 Å². The summed E-state index contributed by atoms with van der Waals surface area (Å²) >= 11 is 6.46. The molecule has 0 fully saturated rings. The monoisotopic (exact) mass is 597 g/mol. The topological polar surface area (TPSA) is 86.8 Å². The Morgan fingerprint density at radius 1 is 0.927 bits per heavy atom. The van der Waals surface area contributed by atoms with Gasteiger partial charge in [-0.25, -0.2) is 8.42 Å². The lowest BCUT2D eigenvalue weighted by Gasteiger charge is -2.33. The summed E-state index contributed by atoms with van der Waals surface area (Å²) in [5, 5.41) is 3.40. The quantitative estimate of drug-likeness (QED) is 0.238. The smallest absolute Gasteiger partial charge is 0.264 e. The van der Waals surface area contributed by atoms with E-state index < -0.39 is 28.5 Å². The van der Waals surface area contributed by atoms with Crippen LogP contribution < -0.4 is 9.62 Å². The number of benzene rings is 3. The maximum absolute atomic E-state index is 14.2. The molecule has 0 saturated carbocycles. The predicted octanol–water partition coefficient (Wildman–Crippen LogP) is 6.18. The number of carbonyl (C=O) groups excluding carboxylic acids is 2. The molecule has 7 nitrogen and oxygen atoms in total. The highest BCUT2D eigenvalue weighted by Gasteiger charge is 2.34. The average molecular weight is 598 g/mol. The van der Waals surface area contributed by atoms with Crippen molar-refractivity contribution in [1.29, 1.82) is 0 Å². The van der Waals surface area contributed by atoms with Crippen LogP contribution in [0.4, 0.5) is 5.69 Å². The molecule has 0 aromatic heterocycles. The molecule has 41 heavy (non-hydrogen) atoms. The second-order valence-electron chi connectivity index (χ2n) is 10.3. The Kier molecular flexibility index (Phi) is 11.4. The maximum atomic E-state index is 14.2. The Bertz CT molecular complexity index is 1460. The van der Waals surface area contributed by atoms with Crippen molar-refractivity contribution in [3.63, 3.8) is 0 Å². The van der Waals surface area contributed by atoms with E-state index in [2.05, 4.69) is 5.32 Å². The van der Waals surface area contributed by atoms with Gasteiger partial charge in [0.2, 0.25) is 11.8 Å². The first-order valence-electron chi connectivity index (χ1n) is 14.0. The molecule has 0 heterocycles. The molecule has 0 bridgehead atoms. The molecule has 0 saturated heterocycles. The van der Waals surface area contributed by atoms with E-state index in [-0.39, 0.29) is 17.3 Å². The van der Waals surface area contributed by atoms with Crippen LogP contribution in [-0.2, 0) is 26.2 Å². The number of sulfonamides is 1. The summed E-state index contributed by atoms with van der Waals surface area (Å²) in [4.78, 5) is 29.0. The molecular formula is C32H40ClN3O4S. The van der Waals surface area contributed by atoms with Gasteiger partial charge in [0.1, 0.15) is 12.6 Å². The minimum Gasteiger partial charge on any atom is -0.354 e. The van der Waals surface area contributed by atoms with Gasteiger partial charge in [-0.2, -0.15) is 0 Å². The van der Waals surface area contributed by atoms with Gasteiger partial charge >= 0.3 is 0 Å². The lowest BCUT2D eigenvalue weighted by atomic mass is 10.1. The first-order chi connectivity index (χ1) is 19.5. The van der Waals surface area contributed by atoms with Crippen LogP contribution in [0.1, 0.15) is 55.4 Å². The van der Waals surface area contributed by atoms with E-state index >= 15 is 0 Å². The van der Waals surface area contributed by atoms with Crippen molar-refractivity contribution in [2.45, 2.75) is 71.4 Å². The number of aryl methyl sites for hydroxylation is 3. The Hall–Kier alpha value is -3.36. The van der Waals surface area contributed by atoms with Crippen molar-refractivity contribution >= 4 is 39.1 Å². The van der Waals surface area contributed by atoms with Crippen LogP contribution in [-0.4, -0.2) is 44.3 Å². The third-order valence-electron chi connectivity index (χ3n) is 7.18. The number of nitrogens with zero attached hydrogens (tertiary/aromatic N) is 2. The largest absolute Gasteiger partial charge is 0.354 e. The maximum Gasteiger partial charge on any atom is 0.264 e. The SMILES string of the molecule is CCCCNC(=O)C(CC)N(Cc1ccccc1Cl)C(=O)CN(c1ccc(C)c(C)c1)S(=O)(=O)c1ccc(C)cc1. The number of hydrogen-bond acceptors (Lipinski definition) is 4. The molecule has 1 unspecified atom stereocenters. The summed E-state index contributed by atoms with van der Waals surface area (Å²) in [7, 11) is -4.12. The Labute approximate surface area is 249 Å². The number of hydrogen-bond donors (Lipinski definition) is 1. The molecule has 0 radical (unpaired) electrons. The van der Waals surface area contributed by atoms with Gasteiger partial charge in [-0.15, -0.1) is 0 Å². The number of halogens is 1. The van der Waals surface area contributed by atoms with Gasteiger partial charge in [-0.1, -0.05) is 73.8 Å². The van der Waals surface area contributed by atoms with E-state index in [4.69, 9.17) is 11.6 Å². The third kappa shape index (κ3) is 8.11. The van der Waals surface area contributed by atoms with Gasteiger partial charge in [0.15, 0.2) is 0 Å². The zero-order valence-corrected chi connectivity index (χ0v) is 26.1. The predicted molar refractivity (Wildman–Crippen MR) is 166 cm³/mol. The number of amides is 2. The number of rotatable bonds is 13. The van der Waals surface area contributed by atoms with Gasteiger partial charge in [-0.05, 0) is 80.6 Å². The second kappa shape index (κ2) is 14.5. The molecule has 3 rings (SSSR count). The summed E-state index contributed by atoms with van der Waals surface area (Å²) in [5.74, 6) is -0.781. The van der Waals surface area contributed by atoms with Gasteiger partial charge in [-0.3, -0.25) is 13.9 Å². The van der Waals surface area contributed by atoms with Crippen LogP contribution in [0.5, 0.6) is 0 Å². The van der Waals surface area contributed by atoms with Crippen molar-refractivity contribution in [1.82, 2.24) is 10.2 Å². The Balaban J connectivity index is 2.07. The summed E-state index contributed by atoms with van der Waals surface area (Å²) in [6, 6.07) is 18.2. The fourth-order valence-electron chi connectivity index (χ4n) is 4.48. The van der Waals surface area contributed by atoms with E-state index in [0.717, 1.165) is 33.8 Å². The summed E-state index contributed by atoms with van der Waals surface area (Å²) in [6.45, 7) is 9.66. The van der Waals surface area contributed by atoms with Crippen molar-refractivity contribution in [3.05, 3.63) is 94.0 Å². The lowest BCUT2D eigenvalue weighted by Crippen LogP contribution is -2.52. The fraction of sp³-hybridized carbons (Fsp3) is 0.375. The van der Waals surface area contributed by atoms with E-state index in [1.54, 1.807) is 54.6 Å². The van der Waals surface area contributed by atoms with E-state index in [0.29, 0.717) is 29.2 Å². The molecule has 0 aliphatic rings. The highest BCUT2D eigenvalue weighted by atomic mass is 35.5. The molecule has 2 amide bonds. The van der Waals surface area contributed by atoms with Crippen LogP contribution in [0.25, 0.3) is 0 Å².